The van der Waals surface area contributed by atoms with Gasteiger partial charge in [0, 0.05) is 24.2 Å². The summed E-state index contributed by atoms with van der Waals surface area (Å²) in [5.41, 5.74) is 1.55. The highest BCUT2D eigenvalue weighted by atomic mass is 16.4. The molecule has 2 N–H and O–H groups in total. The van der Waals surface area contributed by atoms with Crippen LogP contribution >= 0.6 is 0 Å². The molecule has 0 aliphatic rings. The number of anilines is 1. The van der Waals surface area contributed by atoms with Crippen molar-refractivity contribution < 1.29 is 9.90 Å². The van der Waals surface area contributed by atoms with Crippen molar-refractivity contribution in [3.05, 3.63) is 36.8 Å². The van der Waals surface area contributed by atoms with Crippen molar-refractivity contribution in [3.8, 4) is 11.3 Å². The van der Waals surface area contributed by atoms with Crippen LogP contribution in [0.15, 0.2) is 36.8 Å². The van der Waals surface area contributed by atoms with E-state index in [0.29, 0.717) is 5.69 Å². The number of nitrogens with one attached hydrogen (secondary N) is 1. The van der Waals surface area contributed by atoms with Gasteiger partial charge in [0.1, 0.15) is 6.54 Å². The molecule has 17 heavy (non-hydrogen) atoms. The molecule has 0 spiro atoms. The van der Waals surface area contributed by atoms with Crippen molar-refractivity contribution in [2.45, 2.75) is 0 Å². The Balaban J connectivity index is 2.20. The molecule has 0 aliphatic carbocycles. The number of hydrogen-bond donors (Lipinski definition) is 2. The topological polar surface area (TPSA) is 88.0 Å². The third kappa shape index (κ3) is 2.97. The molecule has 0 aliphatic heterocycles. The first-order valence-electron chi connectivity index (χ1n) is 4.95. The Morgan fingerprint density at radius 2 is 2.24 bits per heavy atom. The molecule has 2 heterocycles. The lowest BCUT2D eigenvalue weighted by Crippen LogP contribution is -2.14. The van der Waals surface area contributed by atoms with Crippen molar-refractivity contribution in [1.82, 2.24) is 15.0 Å². The van der Waals surface area contributed by atoms with Gasteiger partial charge in [-0.1, -0.05) is 0 Å². The number of carboxylic acids is 1. The fourth-order valence-electron chi connectivity index (χ4n) is 1.27. The summed E-state index contributed by atoms with van der Waals surface area (Å²) in [6.45, 7) is -0.212. The van der Waals surface area contributed by atoms with Crippen molar-refractivity contribution in [2.75, 3.05) is 11.9 Å². The van der Waals surface area contributed by atoms with Gasteiger partial charge in [0.05, 0.1) is 5.69 Å². The summed E-state index contributed by atoms with van der Waals surface area (Å²) >= 11 is 0. The van der Waals surface area contributed by atoms with Crippen molar-refractivity contribution >= 4 is 11.9 Å². The van der Waals surface area contributed by atoms with E-state index in [2.05, 4.69) is 20.3 Å². The average molecular weight is 230 g/mol. The molecule has 2 rings (SSSR count). The molecule has 86 valence electrons. The summed E-state index contributed by atoms with van der Waals surface area (Å²) in [5.74, 6) is -0.672. The molecule has 2 aromatic heterocycles. The Labute approximate surface area is 97.4 Å². The molecule has 2 aromatic rings. The highest BCUT2D eigenvalue weighted by Crippen LogP contribution is 2.15. The van der Waals surface area contributed by atoms with Crippen LogP contribution in [0, 0.1) is 0 Å². The second-order valence-corrected chi connectivity index (χ2v) is 3.25. The number of nitrogens with zero attached hydrogens (tertiary/aromatic N) is 3. The van der Waals surface area contributed by atoms with E-state index in [1.807, 2.05) is 12.1 Å². The Morgan fingerprint density at radius 1 is 1.35 bits per heavy atom. The first-order valence-corrected chi connectivity index (χ1v) is 4.95. The third-order valence-electron chi connectivity index (χ3n) is 2.01. The van der Waals surface area contributed by atoms with Gasteiger partial charge in [-0.2, -0.15) is 0 Å². The Bertz CT molecular complexity index is 516. The maximum Gasteiger partial charge on any atom is 0.322 e. The lowest BCUT2D eigenvalue weighted by molar-refractivity contribution is -0.134. The molecule has 0 aromatic carbocycles. The normalized spacial score (nSPS) is 9.88. The van der Waals surface area contributed by atoms with Gasteiger partial charge in [0.25, 0.3) is 0 Å². The van der Waals surface area contributed by atoms with E-state index in [4.69, 9.17) is 5.11 Å². The van der Waals surface area contributed by atoms with Crippen molar-refractivity contribution in [1.29, 1.82) is 0 Å². The smallest absolute Gasteiger partial charge is 0.322 e. The van der Waals surface area contributed by atoms with Gasteiger partial charge >= 0.3 is 5.97 Å². The number of aliphatic carboxylic acids is 1. The zero-order valence-electron chi connectivity index (χ0n) is 8.87. The van der Waals surface area contributed by atoms with E-state index >= 15 is 0 Å². The molecular formula is C11H10N4O2. The minimum Gasteiger partial charge on any atom is -0.480 e. The van der Waals surface area contributed by atoms with Crippen LogP contribution in [0.25, 0.3) is 11.3 Å². The van der Waals surface area contributed by atoms with E-state index in [1.54, 1.807) is 24.7 Å². The second-order valence-electron chi connectivity index (χ2n) is 3.25. The van der Waals surface area contributed by atoms with Crippen molar-refractivity contribution in [3.63, 3.8) is 0 Å². The average Bonchev–Trinajstić information content (AvgIpc) is 2.38. The summed E-state index contributed by atoms with van der Waals surface area (Å²) in [4.78, 5) is 22.5. The molecule has 0 radical (unpaired) electrons. The highest BCUT2D eigenvalue weighted by Gasteiger charge is 2.03. The van der Waals surface area contributed by atoms with Gasteiger partial charge in [-0.3, -0.25) is 9.78 Å². The first kappa shape index (κ1) is 11.0. The van der Waals surface area contributed by atoms with Crippen LogP contribution in [0.2, 0.25) is 0 Å². The fraction of sp³-hybridized carbons (Fsp3) is 0.0909. The van der Waals surface area contributed by atoms with E-state index in [9.17, 15) is 4.79 Å². The van der Waals surface area contributed by atoms with E-state index in [1.165, 1.54) is 0 Å². The minimum atomic E-state index is -0.958. The maximum absolute atomic E-state index is 10.4. The number of pyridine rings is 1. The Kier molecular flexibility index (Phi) is 3.25. The Hall–Kier alpha value is -2.50. The summed E-state index contributed by atoms with van der Waals surface area (Å²) < 4.78 is 0. The van der Waals surface area contributed by atoms with Gasteiger partial charge < -0.3 is 10.4 Å². The molecule has 0 amide bonds. The zero-order valence-corrected chi connectivity index (χ0v) is 8.87. The van der Waals surface area contributed by atoms with E-state index in [0.717, 1.165) is 5.56 Å². The van der Waals surface area contributed by atoms with Crippen LogP contribution in [-0.2, 0) is 4.79 Å². The van der Waals surface area contributed by atoms with Crippen molar-refractivity contribution in [2.24, 2.45) is 0 Å². The quantitative estimate of drug-likeness (QED) is 0.815. The van der Waals surface area contributed by atoms with Gasteiger partial charge in [-0.15, -0.1) is 0 Å². The fourth-order valence-corrected chi connectivity index (χ4v) is 1.27. The second kappa shape index (κ2) is 5.02. The van der Waals surface area contributed by atoms with E-state index < -0.39 is 5.97 Å². The molecule has 0 saturated carbocycles. The molecule has 0 atom stereocenters. The number of hydrogen-bond acceptors (Lipinski definition) is 5. The summed E-state index contributed by atoms with van der Waals surface area (Å²) in [6.07, 6.45) is 4.93. The van der Waals surface area contributed by atoms with Gasteiger partial charge in [-0.25, -0.2) is 9.97 Å². The number of carboxylic acid groups (broad SMARTS) is 1. The monoisotopic (exact) mass is 230 g/mol. The molecule has 6 nitrogen and oxygen atoms in total. The van der Waals surface area contributed by atoms with Gasteiger partial charge in [-0.05, 0) is 18.2 Å². The number of aromatic nitrogens is 3. The molecule has 6 heteroatoms. The SMILES string of the molecule is O=C(O)CNc1nccc(-c2cccnc2)n1. The van der Waals surface area contributed by atoms with Crippen LogP contribution in [0.4, 0.5) is 5.95 Å². The molecule has 0 unspecified atom stereocenters. The van der Waals surface area contributed by atoms with Crippen LogP contribution in [-0.4, -0.2) is 32.6 Å². The van der Waals surface area contributed by atoms with Crippen LogP contribution in [0.3, 0.4) is 0 Å². The van der Waals surface area contributed by atoms with Gasteiger partial charge in [0.15, 0.2) is 0 Å². The van der Waals surface area contributed by atoms with Crippen LogP contribution in [0.1, 0.15) is 0 Å². The molecule has 0 bridgehead atoms. The third-order valence-corrected chi connectivity index (χ3v) is 2.01. The Morgan fingerprint density at radius 3 is 2.94 bits per heavy atom. The predicted octanol–water partition coefficient (Wildman–Crippen LogP) is 1.04. The zero-order chi connectivity index (χ0) is 12.1. The van der Waals surface area contributed by atoms with Gasteiger partial charge in [0.2, 0.25) is 5.95 Å². The largest absolute Gasteiger partial charge is 0.480 e. The van der Waals surface area contributed by atoms with Crippen LogP contribution < -0.4 is 5.32 Å². The lowest BCUT2D eigenvalue weighted by atomic mass is 10.2. The maximum atomic E-state index is 10.4. The molecule has 0 fully saturated rings. The van der Waals surface area contributed by atoms with E-state index in [-0.39, 0.29) is 12.5 Å². The standard InChI is InChI=1S/C11H10N4O2/c16-10(17)7-14-11-13-5-3-9(15-11)8-2-1-4-12-6-8/h1-6H,7H2,(H,16,17)(H,13,14,15). The predicted molar refractivity (Wildman–Crippen MR) is 61.4 cm³/mol. The summed E-state index contributed by atoms with van der Waals surface area (Å²) in [5, 5.41) is 11.1. The number of rotatable bonds is 4. The first-order chi connectivity index (χ1) is 8.25. The summed E-state index contributed by atoms with van der Waals surface area (Å²) in [6, 6.07) is 5.42. The minimum absolute atomic E-state index is 0.212. The molecular weight excluding hydrogens is 220 g/mol. The molecule has 0 saturated heterocycles. The van der Waals surface area contributed by atoms with Crippen LogP contribution in [0.5, 0.6) is 0 Å². The highest BCUT2D eigenvalue weighted by molar-refractivity contribution is 5.72. The number of carbonyl (C=O) groups is 1. The summed E-state index contributed by atoms with van der Waals surface area (Å²) in [7, 11) is 0. The lowest BCUT2D eigenvalue weighted by Gasteiger charge is -2.04.